The molecule has 0 N–H and O–H groups in total. The lowest BCUT2D eigenvalue weighted by Gasteiger charge is -2.35. The number of rotatable bonds is 3. The number of carbonyl (C=O) groups excluding carboxylic acids is 2. The second kappa shape index (κ2) is 8.05. The highest BCUT2D eigenvalue weighted by Gasteiger charge is 2.27. The predicted molar refractivity (Wildman–Crippen MR) is 107 cm³/mol. The summed E-state index contributed by atoms with van der Waals surface area (Å²) in [5, 5.41) is 4.47. The molecule has 0 unspecified atom stereocenters. The monoisotopic (exact) mass is 412 g/mol. The SMILES string of the molecule is O=C(c1ccc(-n2cccn2)cc1)N1CCN(C(=O)c2cc(Cl)ccc2F)CC1. The minimum absolute atomic E-state index is 0.0495. The molecule has 8 heteroatoms. The molecule has 0 aliphatic carbocycles. The molecular weight excluding hydrogens is 395 g/mol. The summed E-state index contributed by atoms with van der Waals surface area (Å²) < 4.78 is 15.7. The molecule has 4 rings (SSSR count). The highest BCUT2D eigenvalue weighted by molar-refractivity contribution is 6.31. The molecule has 0 saturated carbocycles. The van der Waals surface area contributed by atoms with E-state index in [9.17, 15) is 14.0 Å². The Morgan fingerprint density at radius 3 is 2.21 bits per heavy atom. The normalized spacial score (nSPS) is 14.1. The Morgan fingerprint density at radius 1 is 0.931 bits per heavy atom. The molecule has 0 bridgehead atoms. The number of piperazine rings is 1. The Labute approximate surface area is 172 Å². The zero-order valence-corrected chi connectivity index (χ0v) is 16.2. The van der Waals surface area contributed by atoms with Crippen molar-refractivity contribution >= 4 is 23.4 Å². The van der Waals surface area contributed by atoms with Gasteiger partial charge >= 0.3 is 0 Å². The average molecular weight is 413 g/mol. The Balaban J connectivity index is 1.39. The van der Waals surface area contributed by atoms with E-state index in [4.69, 9.17) is 11.6 Å². The maximum Gasteiger partial charge on any atom is 0.257 e. The van der Waals surface area contributed by atoms with Gasteiger partial charge in [0.25, 0.3) is 11.8 Å². The van der Waals surface area contributed by atoms with Crippen molar-refractivity contribution in [2.24, 2.45) is 0 Å². The van der Waals surface area contributed by atoms with Crippen molar-refractivity contribution in [3.05, 3.63) is 82.9 Å². The molecule has 2 heterocycles. The molecule has 2 aromatic carbocycles. The standard InChI is InChI=1S/C21H18ClFN4O2/c22-16-4-7-19(23)18(14-16)21(29)26-12-10-25(11-13-26)20(28)15-2-5-17(6-3-15)27-9-1-8-24-27/h1-9,14H,10-13H2. The second-order valence-corrected chi connectivity index (χ2v) is 7.14. The fraction of sp³-hybridized carbons (Fsp3) is 0.190. The molecule has 1 fully saturated rings. The van der Waals surface area contributed by atoms with E-state index in [0.717, 1.165) is 5.69 Å². The van der Waals surface area contributed by atoms with E-state index in [1.54, 1.807) is 32.8 Å². The Hall–Kier alpha value is -3.19. The van der Waals surface area contributed by atoms with Crippen LogP contribution in [0.25, 0.3) is 5.69 Å². The van der Waals surface area contributed by atoms with Crippen LogP contribution < -0.4 is 0 Å². The van der Waals surface area contributed by atoms with Gasteiger partial charge in [-0.15, -0.1) is 0 Å². The Morgan fingerprint density at radius 2 is 1.59 bits per heavy atom. The first-order chi connectivity index (χ1) is 14.0. The summed E-state index contributed by atoms with van der Waals surface area (Å²) in [4.78, 5) is 28.6. The topological polar surface area (TPSA) is 58.4 Å². The molecule has 29 heavy (non-hydrogen) atoms. The van der Waals surface area contributed by atoms with Crippen LogP contribution in [0.4, 0.5) is 4.39 Å². The lowest BCUT2D eigenvalue weighted by molar-refractivity contribution is 0.0533. The van der Waals surface area contributed by atoms with E-state index < -0.39 is 11.7 Å². The Bertz CT molecular complexity index is 1030. The zero-order valence-electron chi connectivity index (χ0n) is 15.5. The van der Waals surface area contributed by atoms with Gasteiger partial charge < -0.3 is 9.80 Å². The van der Waals surface area contributed by atoms with Crippen molar-refractivity contribution in [2.75, 3.05) is 26.2 Å². The van der Waals surface area contributed by atoms with Crippen LogP contribution in [0.3, 0.4) is 0 Å². The van der Waals surface area contributed by atoms with Gasteiger partial charge in [0.15, 0.2) is 0 Å². The molecule has 6 nitrogen and oxygen atoms in total. The third-order valence-corrected chi connectivity index (χ3v) is 5.13. The van der Waals surface area contributed by atoms with Gasteiger partial charge in [-0.3, -0.25) is 9.59 Å². The number of amides is 2. The number of aromatic nitrogens is 2. The molecular formula is C21H18ClFN4O2. The van der Waals surface area contributed by atoms with Gasteiger partial charge in [-0.25, -0.2) is 9.07 Å². The minimum atomic E-state index is -0.602. The summed E-state index contributed by atoms with van der Waals surface area (Å²) in [6.07, 6.45) is 3.52. The van der Waals surface area contributed by atoms with Crippen molar-refractivity contribution in [1.29, 1.82) is 0 Å². The number of halogens is 2. The van der Waals surface area contributed by atoms with Crippen molar-refractivity contribution in [3.8, 4) is 5.69 Å². The quantitative estimate of drug-likeness (QED) is 0.663. The highest BCUT2D eigenvalue weighted by atomic mass is 35.5. The molecule has 1 aliphatic rings. The minimum Gasteiger partial charge on any atom is -0.335 e. The third kappa shape index (κ3) is 4.00. The molecule has 0 spiro atoms. The van der Waals surface area contributed by atoms with Crippen molar-refractivity contribution in [3.63, 3.8) is 0 Å². The number of hydrogen-bond donors (Lipinski definition) is 0. The van der Waals surface area contributed by atoms with Crippen molar-refractivity contribution in [2.45, 2.75) is 0 Å². The fourth-order valence-electron chi connectivity index (χ4n) is 3.31. The first-order valence-electron chi connectivity index (χ1n) is 9.16. The van der Waals surface area contributed by atoms with Crippen LogP contribution >= 0.6 is 11.6 Å². The first kappa shape index (κ1) is 19.1. The number of benzene rings is 2. The number of hydrogen-bond acceptors (Lipinski definition) is 3. The van der Waals surface area contributed by atoms with Crippen LogP contribution in [0.1, 0.15) is 20.7 Å². The lowest BCUT2D eigenvalue weighted by Crippen LogP contribution is -2.50. The maximum atomic E-state index is 14.0. The molecule has 1 saturated heterocycles. The molecule has 0 atom stereocenters. The summed E-state index contributed by atoms with van der Waals surface area (Å²) in [6, 6.07) is 12.9. The Kier molecular flexibility index (Phi) is 5.31. The summed E-state index contributed by atoms with van der Waals surface area (Å²) in [7, 11) is 0. The fourth-order valence-corrected chi connectivity index (χ4v) is 3.48. The van der Waals surface area contributed by atoms with Crippen LogP contribution in [0, 0.1) is 5.82 Å². The average Bonchev–Trinajstić information content (AvgIpc) is 3.30. The first-order valence-corrected chi connectivity index (χ1v) is 9.54. The van der Waals surface area contributed by atoms with Crippen LogP contribution in [-0.4, -0.2) is 57.6 Å². The summed E-state index contributed by atoms with van der Waals surface area (Å²) >= 11 is 5.88. The molecule has 0 radical (unpaired) electrons. The molecule has 1 aromatic heterocycles. The van der Waals surface area contributed by atoms with Gasteiger partial charge in [0.1, 0.15) is 5.82 Å². The summed E-state index contributed by atoms with van der Waals surface area (Å²) in [5.74, 6) is -1.12. The smallest absolute Gasteiger partial charge is 0.257 e. The van der Waals surface area contributed by atoms with Gasteiger partial charge in [-0.2, -0.15) is 5.10 Å². The highest BCUT2D eigenvalue weighted by Crippen LogP contribution is 2.18. The van der Waals surface area contributed by atoms with Crippen LogP contribution in [-0.2, 0) is 0 Å². The van der Waals surface area contributed by atoms with Crippen LogP contribution in [0.2, 0.25) is 5.02 Å². The van der Waals surface area contributed by atoms with Gasteiger partial charge in [0, 0.05) is 49.2 Å². The zero-order chi connectivity index (χ0) is 20.4. The van der Waals surface area contributed by atoms with E-state index in [-0.39, 0.29) is 11.5 Å². The van der Waals surface area contributed by atoms with Gasteiger partial charge in [0.2, 0.25) is 0 Å². The second-order valence-electron chi connectivity index (χ2n) is 6.71. The van der Waals surface area contributed by atoms with Crippen molar-refractivity contribution in [1.82, 2.24) is 19.6 Å². The molecule has 3 aromatic rings. The maximum absolute atomic E-state index is 14.0. The van der Waals surface area contributed by atoms with Gasteiger partial charge in [0.05, 0.1) is 11.3 Å². The van der Waals surface area contributed by atoms with E-state index in [0.29, 0.717) is 36.8 Å². The summed E-state index contributed by atoms with van der Waals surface area (Å²) in [6.45, 7) is 1.44. The van der Waals surface area contributed by atoms with E-state index in [2.05, 4.69) is 5.10 Å². The molecule has 2 amide bonds. The number of carbonyl (C=O) groups is 2. The van der Waals surface area contributed by atoms with Gasteiger partial charge in [-0.05, 0) is 48.5 Å². The summed E-state index contributed by atoms with van der Waals surface area (Å²) in [5.41, 5.74) is 1.39. The van der Waals surface area contributed by atoms with Crippen LogP contribution in [0.5, 0.6) is 0 Å². The van der Waals surface area contributed by atoms with Gasteiger partial charge in [-0.1, -0.05) is 11.6 Å². The molecule has 148 valence electrons. The van der Waals surface area contributed by atoms with Crippen molar-refractivity contribution < 1.29 is 14.0 Å². The lowest BCUT2D eigenvalue weighted by atomic mass is 10.1. The van der Waals surface area contributed by atoms with E-state index >= 15 is 0 Å². The third-order valence-electron chi connectivity index (χ3n) is 4.90. The predicted octanol–water partition coefficient (Wildman–Crippen LogP) is 3.26. The van der Waals surface area contributed by atoms with Crippen LogP contribution in [0.15, 0.2) is 60.9 Å². The van der Waals surface area contributed by atoms with E-state index in [1.807, 2.05) is 24.4 Å². The largest absolute Gasteiger partial charge is 0.335 e. The number of nitrogens with zero attached hydrogens (tertiary/aromatic N) is 4. The van der Waals surface area contributed by atoms with E-state index in [1.165, 1.54) is 18.2 Å². The molecule has 1 aliphatic heterocycles.